The van der Waals surface area contributed by atoms with Gasteiger partial charge in [-0.3, -0.25) is 4.57 Å². The smallest absolute Gasteiger partial charge is 0.351 e. The van der Waals surface area contributed by atoms with Crippen molar-refractivity contribution in [2.75, 3.05) is 12.3 Å². The van der Waals surface area contributed by atoms with Crippen LogP contribution in [0.25, 0.3) is 0 Å². The topological polar surface area (TPSA) is 88.6 Å². The monoisotopic (exact) mass is 551 g/mol. The first-order chi connectivity index (χ1) is 18.6. The van der Waals surface area contributed by atoms with E-state index in [1.807, 2.05) is 12.1 Å². The molecule has 2 saturated heterocycles. The van der Waals surface area contributed by atoms with Gasteiger partial charge in [0.2, 0.25) is 0 Å². The average molecular weight is 552 g/mol. The first kappa shape index (κ1) is 27.7. The Morgan fingerprint density at radius 1 is 1.03 bits per heavy atom. The van der Waals surface area contributed by atoms with Gasteiger partial charge in [0, 0.05) is 12.8 Å². The lowest BCUT2D eigenvalue weighted by Crippen LogP contribution is -2.67. The molecule has 2 aliphatic rings. The van der Waals surface area contributed by atoms with Crippen molar-refractivity contribution >= 4 is 24.5 Å². The Bertz CT molecular complexity index is 1290. The Kier molecular flexibility index (Phi) is 7.79. The van der Waals surface area contributed by atoms with E-state index in [1.54, 1.807) is 0 Å². The number of hydrogen-bond donors (Lipinski definition) is 1. The number of rotatable bonds is 6. The Balaban J connectivity index is 1.39. The van der Waals surface area contributed by atoms with E-state index in [9.17, 15) is 9.18 Å². The van der Waals surface area contributed by atoms with E-state index in [-0.39, 0.29) is 11.1 Å². The second-order valence-electron chi connectivity index (χ2n) is 11.6. The van der Waals surface area contributed by atoms with Gasteiger partial charge in [0.25, 0.3) is 8.32 Å². The third-order valence-corrected chi connectivity index (χ3v) is 13.0. The Morgan fingerprint density at radius 3 is 2.21 bits per heavy atom. The normalized spacial score (nSPS) is 24.1. The van der Waals surface area contributed by atoms with Crippen LogP contribution in [-0.4, -0.2) is 36.4 Å². The number of aromatic nitrogens is 2. The minimum Gasteiger partial charge on any atom is -0.405 e. The minimum absolute atomic E-state index is 0.137. The van der Waals surface area contributed by atoms with Gasteiger partial charge in [-0.25, -0.2) is 9.18 Å². The molecule has 0 radical (unpaired) electrons. The van der Waals surface area contributed by atoms with Crippen LogP contribution < -0.4 is 21.8 Å². The number of halogens is 1. The summed E-state index contributed by atoms with van der Waals surface area (Å²) in [5.74, 6) is -1.99. The third-order valence-electron chi connectivity index (χ3n) is 7.97. The van der Waals surface area contributed by atoms with Crippen LogP contribution in [0.5, 0.6) is 0 Å². The van der Waals surface area contributed by atoms with Crippen LogP contribution in [0.15, 0.2) is 71.7 Å². The maximum absolute atomic E-state index is 14.2. The second kappa shape index (κ2) is 11.0. The van der Waals surface area contributed by atoms with Crippen LogP contribution in [0.2, 0.25) is 5.04 Å². The summed E-state index contributed by atoms with van der Waals surface area (Å²) in [4.78, 5) is 16.1. The molecule has 0 aliphatic carbocycles. The summed E-state index contributed by atoms with van der Waals surface area (Å²) >= 11 is 0. The molecular formula is C30H38FN3O4Si. The van der Waals surface area contributed by atoms with E-state index in [4.69, 9.17) is 19.6 Å². The zero-order valence-electron chi connectivity index (χ0n) is 22.9. The molecule has 7 nitrogen and oxygen atoms in total. The number of ether oxygens (including phenoxy) is 2. The van der Waals surface area contributed by atoms with Gasteiger partial charge in [-0.2, -0.15) is 4.98 Å². The molecule has 3 heterocycles. The zero-order chi connectivity index (χ0) is 27.7. The highest BCUT2D eigenvalue weighted by atomic mass is 28.4. The molecule has 0 amide bonds. The van der Waals surface area contributed by atoms with Crippen LogP contribution >= 0.6 is 0 Å². The molecule has 2 aromatic carbocycles. The second-order valence-corrected chi connectivity index (χ2v) is 16.0. The van der Waals surface area contributed by atoms with E-state index in [1.165, 1.54) is 14.9 Å². The van der Waals surface area contributed by atoms with Gasteiger partial charge in [-0.15, -0.1) is 0 Å². The first-order valence-corrected chi connectivity index (χ1v) is 15.7. The summed E-state index contributed by atoms with van der Waals surface area (Å²) in [7, 11) is -2.71. The Hall–Kier alpha value is -2.85. The molecule has 0 bridgehead atoms. The number of nitrogen functional groups attached to an aromatic ring is 1. The molecule has 3 atom stereocenters. The van der Waals surface area contributed by atoms with Gasteiger partial charge in [-0.05, 0) is 41.1 Å². The van der Waals surface area contributed by atoms with Gasteiger partial charge in [0.05, 0.1) is 18.9 Å². The fourth-order valence-electron chi connectivity index (χ4n) is 6.16. The fraction of sp³-hybridized carbons (Fsp3) is 0.467. The van der Waals surface area contributed by atoms with Crippen molar-refractivity contribution in [3.8, 4) is 0 Å². The molecule has 0 unspecified atom stereocenters. The lowest BCUT2D eigenvalue weighted by Gasteiger charge is -2.47. The van der Waals surface area contributed by atoms with E-state index in [2.05, 4.69) is 74.3 Å². The number of nitrogens with two attached hydrogens (primary N) is 1. The quantitative estimate of drug-likeness (QED) is 0.454. The van der Waals surface area contributed by atoms with Crippen molar-refractivity contribution in [2.45, 2.75) is 82.5 Å². The summed E-state index contributed by atoms with van der Waals surface area (Å²) < 4.78 is 35.6. The first-order valence-electron chi connectivity index (χ1n) is 13.8. The molecule has 1 spiro atoms. The van der Waals surface area contributed by atoms with Crippen molar-refractivity contribution in [2.24, 2.45) is 0 Å². The highest BCUT2D eigenvalue weighted by Crippen LogP contribution is 2.43. The summed E-state index contributed by atoms with van der Waals surface area (Å²) in [5.41, 5.74) is 4.85. The molecule has 2 aliphatic heterocycles. The molecule has 2 fully saturated rings. The van der Waals surface area contributed by atoms with Crippen LogP contribution in [0.1, 0.15) is 65.5 Å². The molecule has 3 aromatic rings. The van der Waals surface area contributed by atoms with Gasteiger partial charge in [-0.1, -0.05) is 81.4 Å². The molecule has 2 N–H and O–H groups in total. The number of hydrogen-bond acceptors (Lipinski definition) is 6. The van der Waals surface area contributed by atoms with Gasteiger partial charge in [0.1, 0.15) is 6.23 Å². The highest BCUT2D eigenvalue weighted by Gasteiger charge is 2.51. The molecular weight excluding hydrogens is 513 g/mol. The fourth-order valence-corrected chi connectivity index (χ4v) is 10.8. The summed E-state index contributed by atoms with van der Waals surface area (Å²) in [5, 5.41) is 2.31. The predicted octanol–water partition coefficient (Wildman–Crippen LogP) is 4.51. The van der Waals surface area contributed by atoms with Crippen molar-refractivity contribution in [3.05, 3.63) is 83.2 Å². The van der Waals surface area contributed by atoms with Crippen molar-refractivity contribution in [1.29, 1.82) is 0 Å². The molecule has 208 valence electrons. The maximum atomic E-state index is 14.2. The van der Waals surface area contributed by atoms with Gasteiger partial charge < -0.3 is 19.6 Å². The number of anilines is 1. The SMILES string of the molecule is CC(C)(C)[Si](OC[C@@H]1CCC[C@]2(CCC[C@@H](n3cc(F)c(N)nc3=O)O2)O1)(c1ccccc1)c1ccccc1. The van der Waals surface area contributed by atoms with Crippen molar-refractivity contribution in [1.82, 2.24) is 9.55 Å². The average Bonchev–Trinajstić information content (AvgIpc) is 2.92. The molecule has 39 heavy (non-hydrogen) atoms. The summed E-state index contributed by atoms with van der Waals surface area (Å²) in [6, 6.07) is 21.1. The largest absolute Gasteiger partial charge is 0.405 e. The Morgan fingerprint density at radius 2 is 1.62 bits per heavy atom. The maximum Gasteiger partial charge on any atom is 0.351 e. The Labute approximate surface area is 230 Å². The van der Waals surface area contributed by atoms with Crippen molar-refractivity contribution < 1.29 is 18.3 Å². The molecule has 5 rings (SSSR count). The van der Waals surface area contributed by atoms with E-state index in [0.717, 1.165) is 25.5 Å². The predicted molar refractivity (Wildman–Crippen MR) is 152 cm³/mol. The molecule has 9 heteroatoms. The van der Waals surface area contributed by atoms with Crippen LogP contribution in [-0.2, 0) is 13.9 Å². The van der Waals surface area contributed by atoms with Crippen molar-refractivity contribution in [3.63, 3.8) is 0 Å². The lowest BCUT2D eigenvalue weighted by atomic mass is 9.94. The van der Waals surface area contributed by atoms with Crippen LogP contribution in [0.3, 0.4) is 0 Å². The number of nitrogens with zero attached hydrogens (tertiary/aromatic N) is 2. The summed E-state index contributed by atoms with van der Waals surface area (Å²) in [6.07, 6.45) is 4.78. The lowest BCUT2D eigenvalue weighted by molar-refractivity contribution is -0.330. The minimum atomic E-state index is -2.71. The van der Waals surface area contributed by atoms with E-state index >= 15 is 0 Å². The highest BCUT2D eigenvalue weighted by molar-refractivity contribution is 6.99. The van der Waals surface area contributed by atoms with Crippen LogP contribution in [0.4, 0.5) is 10.2 Å². The van der Waals surface area contributed by atoms with Gasteiger partial charge in [0.15, 0.2) is 17.4 Å². The third kappa shape index (κ3) is 5.45. The van der Waals surface area contributed by atoms with E-state index in [0.29, 0.717) is 25.9 Å². The standard InChI is InChI=1S/C30H38FN3O4Si/c1-29(2,3)39(23-13-6-4-7-14-23,24-15-8-5-9-16-24)36-21-22-12-10-18-30(37-22)19-11-17-26(38-30)34-20-25(31)27(32)33-28(34)35/h4-9,13-16,20,22,26H,10-12,17-19,21H2,1-3H3,(H2,32,33,35)/t22-,26-,30-/m0/s1. The molecule has 0 saturated carbocycles. The number of benzene rings is 2. The van der Waals surface area contributed by atoms with Crippen LogP contribution in [0, 0.1) is 5.82 Å². The zero-order valence-corrected chi connectivity index (χ0v) is 23.9. The molecule has 1 aromatic heterocycles. The van der Waals surface area contributed by atoms with Gasteiger partial charge >= 0.3 is 5.69 Å². The summed E-state index contributed by atoms with van der Waals surface area (Å²) in [6.45, 7) is 7.21. The van der Waals surface area contributed by atoms with E-state index < -0.39 is 37.7 Å².